The van der Waals surface area contributed by atoms with Crippen molar-refractivity contribution in [3.63, 3.8) is 0 Å². The average molecular weight is 547 g/mol. The average Bonchev–Trinajstić information content (AvgIpc) is 3.46. The van der Waals surface area contributed by atoms with Crippen molar-refractivity contribution in [2.45, 2.75) is 44.8 Å². The molecule has 1 saturated heterocycles. The van der Waals surface area contributed by atoms with E-state index < -0.39 is 5.54 Å². The predicted molar refractivity (Wildman–Crippen MR) is 155 cm³/mol. The number of nitrogens with zero attached hydrogens (tertiary/aromatic N) is 4. The first kappa shape index (κ1) is 27.6. The molecule has 1 fully saturated rings. The first-order valence-electron chi connectivity index (χ1n) is 13.6. The van der Waals surface area contributed by atoms with Gasteiger partial charge in [0.1, 0.15) is 5.82 Å². The molecule has 212 valence electrons. The lowest BCUT2D eigenvalue weighted by molar-refractivity contribution is -0.111. The number of hydrogen-bond acceptors (Lipinski definition) is 7. The maximum Gasteiger partial charge on any atom is 0.318 e. The molecule has 1 aromatic carbocycles. The molecule has 4 N–H and O–H groups in total. The summed E-state index contributed by atoms with van der Waals surface area (Å²) in [5.41, 5.74) is 1.93. The highest BCUT2D eigenvalue weighted by molar-refractivity contribution is 6.02. The van der Waals surface area contributed by atoms with Crippen molar-refractivity contribution in [3.8, 4) is 0 Å². The second-order valence-electron chi connectivity index (χ2n) is 11.3. The van der Waals surface area contributed by atoms with Gasteiger partial charge in [-0.3, -0.25) is 9.89 Å². The molecule has 11 nitrogen and oxygen atoms in total. The van der Waals surface area contributed by atoms with Crippen molar-refractivity contribution < 1.29 is 14.3 Å². The molecular formula is C29H38N8O3. The standard InChI is InChI=1S/C29H38N8O3/c1-6-24(38)31-20-7-8-21-19(15-20)9-12-30-26(21)33-27-22-16-37(29(2,3)25(22)34-35-27)28(39)32-23(17-36(4)5)18-10-13-40-14-11-18/h6-9,12,15,18,23H,1,10-11,13-14,16-17H2,2-5H3,(H,31,38)(H,32,39)(H2,30,33,34,35). The highest BCUT2D eigenvalue weighted by Gasteiger charge is 2.44. The summed E-state index contributed by atoms with van der Waals surface area (Å²) in [4.78, 5) is 33.9. The number of benzene rings is 1. The molecule has 1 atom stereocenters. The minimum atomic E-state index is -0.574. The van der Waals surface area contributed by atoms with Crippen molar-refractivity contribution in [2.24, 2.45) is 5.92 Å². The zero-order chi connectivity index (χ0) is 28.4. The van der Waals surface area contributed by atoms with Gasteiger partial charge < -0.3 is 30.5 Å². The number of anilines is 3. The second kappa shape index (κ2) is 11.3. The van der Waals surface area contributed by atoms with E-state index in [1.54, 1.807) is 6.20 Å². The molecule has 2 aromatic heterocycles. The van der Waals surface area contributed by atoms with E-state index in [1.807, 2.05) is 57.1 Å². The van der Waals surface area contributed by atoms with Gasteiger partial charge in [0.2, 0.25) is 5.91 Å². The third-order valence-corrected chi connectivity index (χ3v) is 7.87. The van der Waals surface area contributed by atoms with Gasteiger partial charge in [-0.05, 0) is 82.4 Å². The first-order valence-corrected chi connectivity index (χ1v) is 13.6. The van der Waals surface area contributed by atoms with Crippen LogP contribution >= 0.6 is 0 Å². The molecule has 5 rings (SSSR count). The topological polar surface area (TPSA) is 128 Å². The Morgan fingerprint density at radius 2 is 2.02 bits per heavy atom. The summed E-state index contributed by atoms with van der Waals surface area (Å²) < 4.78 is 5.56. The number of nitrogens with one attached hydrogen (secondary N) is 4. The number of rotatable bonds is 8. The van der Waals surface area contributed by atoms with Crippen molar-refractivity contribution in [1.82, 2.24) is 30.3 Å². The molecule has 2 aliphatic rings. The zero-order valence-electron chi connectivity index (χ0n) is 23.6. The molecule has 2 aliphatic heterocycles. The Kier molecular flexibility index (Phi) is 7.77. The van der Waals surface area contributed by atoms with Gasteiger partial charge in [-0.15, -0.1) is 0 Å². The highest BCUT2D eigenvalue weighted by atomic mass is 16.5. The molecule has 0 bridgehead atoms. The van der Waals surface area contributed by atoms with Gasteiger partial charge in [0.25, 0.3) is 0 Å². The van der Waals surface area contributed by atoms with Crippen molar-refractivity contribution in [2.75, 3.05) is 44.5 Å². The van der Waals surface area contributed by atoms with E-state index in [4.69, 9.17) is 4.74 Å². The molecule has 4 heterocycles. The molecule has 11 heteroatoms. The third kappa shape index (κ3) is 5.52. The molecule has 1 unspecified atom stereocenters. The van der Waals surface area contributed by atoms with Crippen LogP contribution in [0.5, 0.6) is 0 Å². The highest BCUT2D eigenvalue weighted by Crippen LogP contribution is 2.41. The van der Waals surface area contributed by atoms with E-state index in [1.165, 1.54) is 6.08 Å². The maximum absolute atomic E-state index is 13.7. The fourth-order valence-corrected chi connectivity index (χ4v) is 5.67. The lowest BCUT2D eigenvalue weighted by atomic mass is 9.91. The summed E-state index contributed by atoms with van der Waals surface area (Å²) in [5, 5.41) is 19.0. The number of aromatic amines is 1. The maximum atomic E-state index is 13.7. The monoisotopic (exact) mass is 546 g/mol. The Morgan fingerprint density at radius 1 is 1.25 bits per heavy atom. The fraction of sp³-hybridized carbons (Fsp3) is 0.448. The smallest absolute Gasteiger partial charge is 0.318 e. The molecule has 40 heavy (non-hydrogen) atoms. The van der Waals surface area contributed by atoms with Crippen LogP contribution in [0.25, 0.3) is 10.8 Å². The number of amides is 3. The van der Waals surface area contributed by atoms with E-state index >= 15 is 0 Å². The summed E-state index contributed by atoms with van der Waals surface area (Å²) in [5.74, 6) is 1.39. The normalized spacial score (nSPS) is 17.5. The van der Waals surface area contributed by atoms with Crippen LogP contribution in [0.15, 0.2) is 43.1 Å². The number of carbonyl (C=O) groups is 2. The van der Waals surface area contributed by atoms with Crippen LogP contribution in [0.2, 0.25) is 0 Å². The molecule has 0 spiro atoms. The minimum Gasteiger partial charge on any atom is -0.381 e. The predicted octanol–water partition coefficient (Wildman–Crippen LogP) is 3.94. The van der Waals surface area contributed by atoms with Crippen molar-refractivity contribution in [1.29, 1.82) is 0 Å². The number of likely N-dealkylation sites (N-methyl/N-ethyl adjacent to an activating group) is 1. The molecule has 0 radical (unpaired) electrons. The van der Waals surface area contributed by atoms with Crippen LogP contribution in [0, 0.1) is 5.92 Å². The molecule has 3 amide bonds. The van der Waals surface area contributed by atoms with Crippen molar-refractivity contribution >= 4 is 40.0 Å². The molecule has 3 aromatic rings. The third-order valence-electron chi connectivity index (χ3n) is 7.87. The summed E-state index contributed by atoms with van der Waals surface area (Å²) in [6.07, 6.45) is 4.83. The van der Waals surface area contributed by atoms with Gasteiger partial charge in [0.05, 0.1) is 17.8 Å². The van der Waals surface area contributed by atoms with Gasteiger partial charge >= 0.3 is 6.03 Å². The fourth-order valence-electron chi connectivity index (χ4n) is 5.67. The molecule has 0 aliphatic carbocycles. The largest absolute Gasteiger partial charge is 0.381 e. The number of pyridine rings is 1. The van der Waals surface area contributed by atoms with E-state index in [2.05, 4.69) is 42.6 Å². The van der Waals surface area contributed by atoms with Crippen LogP contribution in [0.1, 0.15) is 37.9 Å². The van der Waals surface area contributed by atoms with Crippen LogP contribution in [-0.2, 0) is 21.6 Å². The van der Waals surface area contributed by atoms with Gasteiger partial charge in [0.15, 0.2) is 5.82 Å². The van der Waals surface area contributed by atoms with E-state index in [-0.39, 0.29) is 18.0 Å². The van der Waals surface area contributed by atoms with Gasteiger partial charge in [-0.25, -0.2) is 9.78 Å². The SMILES string of the molecule is C=CC(=O)Nc1ccc2c(Nc3n[nH]c4c3CN(C(=O)NC(CN(C)C)C3CCOCC3)C4(C)C)nccc2c1. The summed E-state index contributed by atoms with van der Waals surface area (Å²) >= 11 is 0. The van der Waals surface area contributed by atoms with E-state index in [0.29, 0.717) is 29.8 Å². The van der Waals surface area contributed by atoms with Crippen LogP contribution in [0.3, 0.4) is 0 Å². The number of aromatic nitrogens is 3. The lowest BCUT2D eigenvalue weighted by Crippen LogP contribution is -2.54. The number of hydrogen-bond donors (Lipinski definition) is 4. The van der Waals surface area contributed by atoms with Gasteiger partial charge in [0, 0.05) is 48.6 Å². The lowest BCUT2D eigenvalue weighted by Gasteiger charge is -2.37. The summed E-state index contributed by atoms with van der Waals surface area (Å²) in [6, 6.07) is 7.45. The number of fused-ring (bicyclic) bond motifs is 2. The van der Waals surface area contributed by atoms with Gasteiger partial charge in [-0.1, -0.05) is 6.58 Å². The molecule has 0 saturated carbocycles. The number of H-pyrrole nitrogens is 1. The van der Waals surface area contributed by atoms with E-state index in [0.717, 1.165) is 54.6 Å². The van der Waals surface area contributed by atoms with Crippen LogP contribution in [-0.4, -0.2) is 76.8 Å². The molecular weight excluding hydrogens is 508 g/mol. The Labute approximate surface area is 234 Å². The Bertz CT molecular complexity index is 1410. The van der Waals surface area contributed by atoms with Gasteiger partial charge in [-0.2, -0.15) is 5.10 Å². The Hall–Kier alpha value is -3.96. The summed E-state index contributed by atoms with van der Waals surface area (Å²) in [6.45, 7) is 10.2. The number of carbonyl (C=O) groups excluding carboxylic acids is 2. The van der Waals surface area contributed by atoms with E-state index in [9.17, 15) is 9.59 Å². The number of urea groups is 1. The Balaban J connectivity index is 1.35. The van der Waals surface area contributed by atoms with Crippen LogP contribution < -0.4 is 16.0 Å². The van der Waals surface area contributed by atoms with Crippen LogP contribution in [0.4, 0.5) is 22.1 Å². The zero-order valence-corrected chi connectivity index (χ0v) is 23.6. The summed E-state index contributed by atoms with van der Waals surface area (Å²) in [7, 11) is 4.07. The second-order valence-corrected chi connectivity index (χ2v) is 11.3. The Morgan fingerprint density at radius 3 is 2.75 bits per heavy atom. The minimum absolute atomic E-state index is 0.0397. The first-order chi connectivity index (χ1) is 19.2. The quantitative estimate of drug-likeness (QED) is 0.315. The number of ether oxygens (including phenoxy) is 1. The van der Waals surface area contributed by atoms with Crippen molar-refractivity contribution in [3.05, 3.63) is 54.4 Å².